The van der Waals surface area contributed by atoms with E-state index in [1.807, 2.05) is 4.90 Å². The van der Waals surface area contributed by atoms with Crippen LogP contribution in [0.25, 0.3) is 32.8 Å². The number of aromatic hydroxyl groups is 1. The normalized spacial score (nSPS) is 25.8. The fraction of sp³-hybridized carbons (Fsp3) is 0.459. The number of anilines is 1. The molecular formula is C37H36F5N5O2. The van der Waals surface area contributed by atoms with E-state index in [1.165, 1.54) is 12.1 Å². The van der Waals surface area contributed by atoms with Gasteiger partial charge in [-0.15, -0.1) is 6.42 Å². The van der Waals surface area contributed by atoms with E-state index in [2.05, 4.69) is 26.1 Å². The van der Waals surface area contributed by atoms with E-state index in [1.54, 1.807) is 6.92 Å². The summed E-state index contributed by atoms with van der Waals surface area (Å²) < 4.78 is 82.9. The largest absolute Gasteiger partial charge is 0.508 e. The first-order chi connectivity index (χ1) is 23.5. The van der Waals surface area contributed by atoms with Crippen LogP contribution in [-0.4, -0.2) is 77.3 Å². The van der Waals surface area contributed by atoms with Crippen LogP contribution in [-0.2, 0) is 0 Å². The van der Waals surface area contributed by atoms with E-state index in [-0.39, 0.29) is 63.7 Å². The third kappa shape index (κ3) is 5.61. The number of rotatable bonds is 7. The van der Waals surface area contributed by atoms with Crippen molar-refractivity contribution in [2.24, 2.45) is 11.3 Å². The summed E-state index contributed by atoms with van der Waals surface area (Å²) in [7, 11) is 0. The van der Waals surface area contributed by atoms with Gasteiger partial charge in [0.15, 0.2) is 5.82 Å². The molecule has 4 aliphatic rings. The Bertz CT molecular complexity index is 2000. The van der Waals surface area contributed by atoms with Crippen molar-refractivity contribution in [2.75, 3.05) is 37.7 Å². The number of terminal acetylenes is 1. The molecule has 1 aliphatic carbocycles. The number of ether oxygens (including phenoxy) is 1. The molecule has 2 bridgehead atoms. The van der Waals surface area contributed by atoms with Crippen molar-refractivity contribution in [3.63, 3.8) is 0 Å². The van der Waals surface area contributed by atoms with Crippen LogP contribution in [0.2, 0.25) is 0 Å². The van der Waals surface area contributed by atoms with E-state index in [0.717, 1.165) is 43.9 Å². The SMILES string of the molecule is C#Cc1c(F)ccc2cc(O)cc(-c3c(F)cc4c(N5C[C@H]6CC[C@@H](C5)N6)nc(OC[C@@]5(C)CN(C6CC6)CC[C@@H]5C(F)F)nc4c3F)c12. The Morgan fingerprint density at radius 2 is 1.80 bits per heavy atom. The van der Waals surface area contributed by atoms with E-state index in [9.17, 15) is 18.3 Å². The summed E-state index contributed by atoms with van der Waals surface area (Å²) in [6.07, 6.45) is 7.41. The quantitative estimate of drug-likeness (QED) is 0.168. The topological polar surface area (TPSA) is 73.8 Å². The first kappa shape index (κ1) is 32.0. The van der Waals surface area contributed by atoms with Gasteiger partial charge in [-0.05, 0) is 68.3 Å². The fourth-order valence-corrected chi connectivity index (χ4v) is 8.32. The van der Waals surface area contributed by atoms with E-state index in [0.29, 0.717) is 44.0 Å². The second kappa shape index (κ2) is 12.0. The number of nitrogens with one attached hydrogen (secondary N) is 1. The number of aromatic nitrogens is 2. The Morgan fingerprint density at radius 3 is 2.49 bits per heavy atom. The van der Waals surface area contributed by atoms with Crippen LogP contribution in [0.5, 0.6) is 11.8 Å². The Hall–Kier alpha value is -4.21. The standard InChI is InChI=1S/C37H36F5N5O2/c1-3-24-28(38)9-4-19-12-23(48)13-25(30(19)24)31-29(39)14-26-33(32(31)40)44-36(45-35(26)47-15-20-5-6-21(16-47)43-20)49-18-37(2)17-46(22-7-8-22)11-10-27(37)34(41)42/h1,4,9,12-14,20-22,27,34,43,48H,5-8,10-11,15-18H2,2H3/t20-,21+,27-,37-/m1/s1. The minimum absolute atomic E-state index is 0.0605. The van der Waals surface area contributed by atoms with Gasteiger partial charge in [-0.1, -0.05) is 18.9 Å². The molecule has 0 amide bonds. The maximum absolute atomic E-state index is 16.9. The molecule has 1 saturated carbocycles. The molecule has 0 unspecified atom stereocenters. The highest BCUT2D eigenvalue weighted by Gasteiger charge is 2.48. The van der Waals surface area contributed by atoms with Crippen molar-refractivity contribution < 1.29 is 31.8 Å². The molecule has 12 heteroatoms. The molecule has 0 radical (unpaired) electrons. The lowest BCUT2D eigenvalue weighted by Crippen LogP contribution is -2.53. The van der Waals surface area contributed by atoms with Gasteiger partial charge >= 0.3 is 6.01 Å². The number of halogens is 5. The van der Waals surface area contributed by atoms with Crippen molar-refractivity contribution in [1.29, 1.82) is 0 Å². The van der Waals surface area contributed by atoms with Crippen molar-refractivity contribution in [2.45, 2.75) is 63.6 Å². The second-order valence-electron chi connectivity index (χ2n) is 14.3. The number of nitrogens with zero attached hydrogens (tertiary/aromatic N) is 4. The zero-order chi connectivity index (χ0) is 34.2. The summed E-state index contributed by atoms with van der Waals surface area (Å²) in [5.74, 6) is -1.46. The number of piperazine rings is 1. The molecule has 4 fully saturated rings. The Balaban J connectivity index is 1.27. The molecule has 3 saturated heterocycles. The van der Waals surface area contributed by atoms with Gasteiger partial charge in [0.05, 0.1) is 17.7 Å². The maximum atomic E-state index is 16.9. The maximum Gasteiger partial charge on any atom is 0.319 e. The summed E-state index contributed by atoms with van der Waals surface area (Å²) in [5.41, 5.74) is -2.08. The highest BCUT2D eigenvalue weighted by atomic mass is 19.3. The highest BCUT2D eigenvalue weighted by molar-refractivity contribution is 6.04. The first-order valence-electron chi connectivity index (χ1n) is 16.8. The number of alkyl halides is 2. The number of piperidine rings is 1. The molecular weight excluding hydrogens is 641 g/mol. The van der Waals surface area contributed by atoms with Crippen molar-refractivity contribution in [3.8, 4) is 35.2 Å². The van der Waals surface area contributed by atoms with E-state index in [4.69, 9.17) is 11.2 Å². The van der Waals surface area contributed by atoms with Crippen LogP contribution >= 0.6 is 0 Å². The minimum atomic E-state index is -2.54. The average molecular weight is 678 g/mol. The third-order valence-corrected chi connectivity index (χ3v) is 10.9. The summed E-state index contributed by atoms with van der Waals surface area (Å²) >= 11 is 0. The predicted octanol–water partition coefficient (Wildman–Crippen LogP) is 6.63. The Morgan fingerprint density at radius 1 is 1.04 bits per heavy atom. The third-order valence-electron chi connectivity index (χ3n) is 10.9. The molecule has 256 valence electrons. The Kier molecular flexibility index (Phi) is 7.83. The molecule has 4 heterocycles. The number of hydrogen-bond acceptors (Lipinski definition) is 7. The van der Waals surface area contributed by atoms with E-state index >= 15 is 8.78 Å². The summed E-state index contributed by atoms with van der Waals surface area (Å²) in [6.45, 7) is 3.77. The lowest BCUT2D eigenvalue weighted by Gasteiger charge is -2.45. The summed E-state index contributed by atoms with van der Waals surface area (Å²) in [5, 5.41) is 14.5. The molecule has 1 aromatic heterocycles. The number of fused-ring (bicyclic) bond motifs is 4. The van der Waals surface area contributed by atoms with Crippen molar-refractivity contribution >= 4 is 27.5 Å². The van der Waals surface area contributed by atoms with Crippen LogP contribution in [0.1, 0.15) is 44.6 Å². The average Bonchev–Trinajstić information content (AvgIpc) is 3.87. The molecule has 49 heavy (non-hydrogen) atoms. The van der Waals surface area contributed by atoms with E-state index < -0.39 is 40.8 Å². The number of hydrogen-bond donors (Lipinski definition) is 2. The van der Waals surface area contributed by atoms with Crippen molar-refractivity contribution in [1.82, 2.24) is 20.2 Å². The molecule has 0 spiro atoms. The lowest BCUT2D eigenvalue weighted by molar-refractivity contribution is -0.0749. The summed E-state index contributed by atoms with van der Waals surface area (Å²) in [4.78, 5) is 13.3. The molecule has 7 nitrogen and oxygen atoms in total. The van der Waals surface area contributed by atoms with Crippen LogP contribution in [0, 0.1) is 41.1 Å². The molecule has 3 aromatic carbocycles. The number of phenols is 1. The van der Waals surface area contributed by atoms with Gasteiger partial charge in [0.1, 0.15) is 28.7 Å². The van der Waals surface area contributed by atoms with Crippen LogP contribution in [0.3, 0.4) is 0 Å². The van der Waals surface area contributed by atoms with Gasteiger partial charge in [0.25, 0.3) is 0 Å². The zero-order valence-corrected chi connectivity index (χ0v) is 27.0. The minimum Gasteiger partial charge on any atom is -0.508 e. The molecule has 3 aliphatic heterocycles. The van der Waals surface area contributed by atoms with Crippen molar-refractivity contribution in [3.05, 3.63) is 53.3 Å². The highest BCUT2D eigenvalue weighted by Crippen LogP contribution is 2.45. The van der Waals surface area contributed by atoms with Gasteiger partial charge < -0.3 is 20.1 Å². The van der Waals surface area contributed by atoms with Crippen LogP contribution in [0.15, 0.2) is 30.3 Å². The van der Waals surface area contributed by atoms with Crippen LogP contribution in [0.4, 0.5) is 27.8 Å². The first-order valence-corrected chi connectivity index (χ1v) is 16.8. The lowest BCUT2D eigenvalue weighted by atomic mass is 9.73. The smallest absolute Gasteiger partial charge is 0.319 e. The number of likely N-dealkylation sites (tertiary alicyclic amines) is 1. The Labute approximate surface area is 280 Å². The molecule has 4 atom stereocenters. The predicted molar refractivity (Wildman–Crippen MR) is 176 cm³/mol. The van der Waals surface area contributed by atoms with Gasteiger partial charge in [0.2, 0.25) is 6.43 Å². The number of phenolic OH excluding ortho intramolecular Hbond substituents is 1. The monoisotopic (exact) mass is 677 g/mol. The zero-order valence-electron chi connectivity index (χ0n) is 27.0. The van der Waals surface area contributed by atoms with Gasteiger partial charge in [-0.2, -0.15) is 9.97 Å². The summed E-state index contributed by atoms with van der Waals surface area (Å²) in [6, 6.07) is 6.64. The van der Waals surface area contributed by atoms with Gasteiger partial charge in [-0.3, -0.25) is 4.90 Å². The van der Waals surface area contributed by atoms with Gasteiger partial charge in [0, 0.05) is 65.4 Å². The van der Waals surface area contributed by atoms with Crippen LogP contribution < -0.4 is 15.0 Å². The second-order valence-corrected chi connectivity index (χ2v) is 14.3. The molecule has 2 N–H and O–H groups in total. The molecule has 8 rings (SSSR count). The number of benzene rings is 3. The fourth-order valence-electron chi connectivity index (χ4n) is 8.32. The molecule has 4 aromatic rings. The van der Waals surface area contributed by atoms with Gasteiger partial charge in [-0.25, -0.2) is 22.0 Å².